The van der Waals surface area contributed by atoms with Crippen molar-refractivity contribution in [3.63, 3.8) is 0 Å². The van der Waals surface area contributed by atoms with E-state index >= 15 is 0 Å². The van der Waals surface area contributed by atoms with Crippen LogP contribution in [0.25, 0.3) is 5.82 Å². The first kappa shape index (κ1) is 15.0. The number of benzene rings is 1. The van der Waals surface area contributed by atoms with Crippen molar-refractivity contribution in [3.8, 4) is 11.6 Å². The Bertz CT molecular complexity index is 791. The fraction of sp³-hybridized carbons (Fsp3) is 0.188. The van der Waals surface area contributed by atoms with E-state index in [2.05, 4.69) is 20.4 Å². The molecule has 1 atom stereocenters. The monoisotopic (exact) mass is 313 g/mol. The van der Waals surface area contributed by atoms with Crippen molar-refractivity contribution in [2.75, 3.05) is 12.4 Å². The zero-order valence-electron chi connectivity index (χ0n) is 12.8. The number of methoxy groups -OCH3 is 1. The van der Waals surface area contributed by atoms with E-state index in [1.807, 2.05) is 13.0 Å². The molecule has 0 aliphatic carbocycles. The van der Waals surface area contributed by atoms with Gasteiger partial charge in [-0.05, 0) is 31.2 Å². The molecule has 0 radical (unpaired) electrons. The fourth-order valence-electron chi connectivity index (χ4n) is 2.28. The maximum absolute atomic E-state index is 13.5. The quantitative estimate of drug-likeness (QED) is 0.784. The highest BCUT2D eigenvalue weighted by Gasteiger charge is 2.13. The number of nitrogens with zero attached hydrogens (tertiary/aromatic N) is 4. The van der Waals surface area contributed by atoms with Crippen molar-refractivity contribution in [3.05, 3.63) is 60.4 Å². The van der Waals surface area contributed by atoms with Gasteiger partial charge in [0, 0.05) is 18.0 Å². The highest BCUT2D eigenvalue weighted by atomic mass is 19.1. The van der Waals surface area contributed by atoms with E-state index in [1.54, 1.807) is 42.6 Å². The SMILES string of the molecule is COc1ccc(F)cc1C(C)Nc1cncc(-n2cccn2)n1. The van der Waals surface area contributed by atoms with Crippen molar-refractivity contribution in [1.82, 2.24) is 19.7 Å². The molecule has 23 heavy (non-hydrogen) atoms. The fourth-order valence-corrected chi connectivity index (χ4v) is 2.28. The molecular weight excluding hydrogens is 297 g/mol. The van der Waals surface area contributed by atoms with Gasteiger partial charge in [-0.25, -0.2) is 14.1 Å². The Labute approximate surface area is 133 Å². The zero-order valence-corrected chi connectivity index (χ0v) is 12.8. The van der Waals surface area contributed by atoms with Gasteiger partial charge in [-0.1, -0.05) is 0 Å². The van der Waals surface area contributed by atoms with Crippen molar-refractivity contribution < 1.29 is 9.13 Å². The summed E-state index contributed by atoms with van der Waals surface area (Å²) in [5.74, 6) is 1.46. The first-order valence-electron chi connectivity index (χ1n) is 7.09. The smallest absolute Gasteiger partial charge is 0.173 e. The topological polar surface area (TPSA) is 64.9 Å². The molecule has 1 N–H and O–H groups in total. The van der Waals surface area contributed by atoms with Crippen molar-refractivity contribution in [2.24, 2.45) is 0 Å². The number of hydrogen-bond acceptors (Lipinski definition) is 5. The molecule has 3 rings (SSSR count). The molecular formula is C16H16FN5O. The van der Waals surface area contributed by atoms with Crippen LogP contribution in [0.1, 0.15) is 18.5 Å². The van der Waals surface area contributed by atoms with E-state index in [0.29, 0.717) is 22.9 Å². The third kappa shape index (κ3) is 3.28. The van der Waals surface area contributed by atoms with Gasteiger partial charge in [0.2, 0.25) is 0 Å². The van der Waals surface area contributed by atoms with Gasteiger partial charge in [-0.15, -0.1) is 0 Å². The van der Waals surface area contributed by atoms with Crippen LogP contribution in [0.3, 0.4) is 0 Å². The van der Waals surface area contributed by atoms with E-state index < -0.39 is 0 Å². The average Bonchev–Trinajstić information content (AvgIpc) is 3.09. The van der Waals surface area contributed by atoms with Gasteiger partial charge < -0.3 is 10.1 Å². The second-order valence-corrected chi connectivity index (χ2v) is 4.97. The molecule has 1 unspecified atom stereocenters. The summed E-state index contributed by atoms with van der Waals surface area (Å²) < 4.78 is 20.4. The van der Waals surface area contributed by atoms with E-state index in [0.717, 1.165) is 0 Å². The van der Waals surface area contributed by atoms with Gasteiger partial charge in [-0.2, -0.15) is 5.10 Å². The Morgan fingerprint density at radius 1 is 1.30 bits per heavy atom. The molecule has 1 aromatic carbocycles. The van der Waals surface area contributed by atoms with Gasteiger partial charge in [0.1, 0.15) is 17.4 Å². The Morgan fingerprint density at radius 3 is 2.91 bits per heavy atom. The van der Waals surface area contributed by atoms with Crippen LogP contribution in [0.5, 0.6) is 5.75 Å². The number of rotatable bonds is 5. The summed E-state index contributed by atoms with van der Waals surface area (Å²) in [5, 5.41) is 7.32. The second-order valence-electron chi connectivity index (χ2n) is 4.97. The summed E-state index contributed by atoms with van der Waals surface area (Å²) in [5.41, 5.74) is 0.707. The van der Waals surface area contributed by atoms with E-state index in [1.165, 1.54) is 12.1 Å². The summed E-state index contributed by atoms with van der Waals surface area (Å²) in [6.45, 7) is 1.90. The first-order chi connectivity index (χ1) is 11.2. The van der Waals surface area contributed by atoms with E-state index in [-0.39, 0.29) is 11.9 Å². The lowest BCUT2D eigenvalue weighted by Crippen LogP contribution is -2.11. The molecule has 0 fully saturated rings. The maximum Gasteiger partial charge on any atom is 0.173 e. The van der Waals surface area contributed by atoms with E-state index in [9.17, 15) is 4.39 Å². The minimum atomic E-state index is -0.314. The number of ether oxygens (including phenoxy) is 1. The molecule has 7 heteroatoms. The Kier molecular flexibility index (Phi) is 4.18. The van der Waals surface area contributed by atoms with Crippen LogP contribution in [0, 0.1) is 5.82 Å². The molecule has 0 saturated heterocycles. The molecule has 0 aliphatic rings. The largest absolute Gasteiger partial charge is 0.496 e. The predicted octanol–water partition coefficient (Wildman–Crippen LogP) is 2.98. The standard InChI is InChI=1S/C16H16FN5O/c1-11(13-8-12(17)4-5-14(13)23-2)20-15-9-18-10-16(21-15)22-7-3-6-19-22/h3-11H,1-2H3,(H,20,21). The van der Waals surface area contributed by atoms with Gasteiger partial charge in [-0.3, -0.25) is 4.98 Å². The van der Waals surface area contributed by atoms with Gasteiger partial charge in [0.25, 0.3) is 0 Å². The first-order valence-corrected chi connectivity index (χ1v) is 7.09. The van der Waals surface area contributed by atoms with Crippen LogP contribution in [0.2, 0.25) is 0 Å². The summed E-state index contributed by atoms with van der Waals surface area (Å²) in [6.07, 6.45) is 6.68. The minimum Gasteiger partial charge on any atom is -0.496 e. The zero-order chi connectivity index (χ0) is 16.2. The average molecular weight is 313 g/mol. The summed E-state index contributed by atoms with van der Waals surface area (Å²) in [4.78, 5) is 8.61. The number of anilines is 1. The van der Waals surface area contributed by atoms with Crippen molar-refractivity contribution in [2.45, 2.75) is 13.0 Å². The van der Waals surface area contributed by atoms with Crippen molar-refractivity contribution >= 4 is 5.82 Å². The van der Waals surface area contributed by atoms with Gasteiger partial charge in [0.05, 0.1) is 25.5 Å². The summed E-state index contributed by atoms with van der Waals surface area (Å²) in [6, 6.07) is 6.02. The number of aromatic nitrogens is 4. The maximum atomic E-state index is 13.5. The third-order valence-corrected chi connectivity index (χ3v) is 3.38. The second kappa shape index (κ2) is 6.43. The Hall–Kier alpha value is -2.96. The lowest BCUT2D eigenvalue weighted by Gasteiger charge is -2.18. The van der Waals surface area contributed by atoms with Crippen LogP contribution in [0.15, 0.2) is 49.1 Å². The van der Waals surface area contributed by atoms with Crippen LogP contribution in [-0.2, 0) is 0 Å². The molecule has 0 aliphatic heterocycles. The predicted molar refractivity (Wildman–Crippen MR) is 84.1 cm³/mol. The molecule has 0 saturated carbocycles. The molecule has 118 valence electrons. The highest BCUT2D eigenvalue weighted by molar-refractivity contribution is 5.43. The Balaban J connectivity index is 1.85. The Morgan fingerprint density at radius 2 is 2.17 bits per heavy atom. The highest BCUT2D eigenvalue weighted by Crippen LogP contribution is 2.28. The number of hydrogen-bond donors (Lipinski definition) is 1. The van der Waals surface area contributed by atoms with Gasteiger partial charge >= 0.3 is 0 Å². The van der Waals surface area contributed by atoms with E-state index in [4.69, 9.17) is 4.74 Å². The normalized spacial score (nSPS) is 12.0. The molecule has 0 spiro atoms. The molecule has 2 heterocycles. The lowest BCUT2D eigenvalue weighted by molar-refractivity contribution is 0.406. The van der Waals surface area contributed by atoms with Crippen LogP contribution in [0.4, 0.5) is 10.2 Å². The van der Waals surface area contributed by atoms with Crippen molar-refractivity contribution in [1.29, 1.82) is 0 Å². The molecule has 3 aromatic rings. The minimum absolute atomic E-state index is 0.206. The molecule has 0 bridgehead atoms. The van der Waals surface area contributed by atoms with Crippen LogP contribution < -0.4 is 10.1 Å². The lowest BCUT2D eigenvalue weighted by atomic mass is 10.1. The number of halogens is 1. The summed E-state index contributed by atoms with van der Waals surface area (Å²) >= 11 is 0. The molecule has 2 aromatic heterocycles. The number of nitrogens with one attached hydrogen (secondary N) is 1. The van der Waals surface area contributed by atoms with Crippen LogP contribution in [-0.4, -0.2) is 26.9 Å². The molecule has 0 amide bonds. The van der Waals surface area contributed by atoms with Crippen LogP contribution >= 0.6 is 0 Å². The third-order valence-electron chi connectivity index (χ3n) is 3.38. The van der Waals surface area contributed by atoms with Gasteiger partial charge in [0.15, 0.2) is 5.82 Å². The molecule has 6 nitrogen and oxygen atoms in total. The summed E-state index contributed by atoms with van der Waals surface area (Å²) in [7, 11) is 1.56.